The molecular formula is C25H36N2O5S2. The number of aliphatic hydroxyl groups is 1. The Morgan fingerprint density at radius 2 is 1.88 bits per heavy atom. The molecule has 0 radical (unpaired) electrons. The Morgan fingerprint density at radius 3 is 2.53 bits per heavy atom. The SMILES string of the molecule is CSCC(O)C(CCSCc1ccco1)NC(=O)C(CC(C)C)NC(=O)OCc1ccccc1. The van der Waals surface area contributed by atoms with Crippen molar-refractivity contribution in [1.82, 2.24) is 10.6 Å². The van der Waals surface area contributed by atoms with Crippen LogP contribution in [-0.4, -0.2) is 53.1 Å². The first-order chi connectivity index (χ1) is 16.4. The number of hydrogen-bond acceptors (Lipinski definition) is 7. The van der Waals surface area contributed by atoms with Crippen LogP contribution in [0.3, 0.4) is 0 Å². The molecule has 7 nitrogen and oxygen atoms in total. The Kier molecular flexibility index (Phi) is 13.0. The average molecular weight is 509 g/mol. The number of hydrogen-bond donors (Lipinski definition) is 3. The van der Waals surface area contributed by atoms with Crippen LogP contribution in [0, 0.1) is 5.92 Å². The number of benzene rings is 1. The maximum Gasteiger partial charge on any atom is 0.408 e. The summed E-state index contributed by atoms with van der Waals surface area (Å²) in [6.45, 7) is 4.11. The van der Waals surface area contributed by atoms with Crippen LogP contribution in [-0.2, 0) is 21.9 Å². The third-order valence-electron chi connectivity index (χ3n) is 5.06. The van der Waals surface area contributed by atoms with Crippen molar-refractivity contribution >= 4 is 35.5 Å². The third kappa shape index (κ3) is 10.9. The maximum atomic E-state index is 13.1. The highest BCUT2D eigenvalue weighted by Crippen LogP contribution is 2.16. The molecule has 0 saturated heterocycles. The van der Waals surface area contributed by atoms with Gasteiger partial charge in [-0.3, -0.25) is 4.79 Å². The molecule has 0 fully saturated rings. The smallest absolute Gasteiger partial charge is 0.408 e. The molecule has 3 N–H and O–H groups in total. The molecule has 0 aliphatic rings. The molecule has 2 rings (SSSR count). The van der Waals surface area contributed by atoms with Gasteiger partial charge in [0.2, 0.25) is 5.91 Å². The quantitative estimate of drug-likeness (QED) is 0.306. The van der Waals surface area contributed by atoms with Gasteiger partial charge in [-0.2, -0.15) is 23.5 Å². The van der Waals surface area contributed by atoms with Crippen LogP contribution in [0.25, 0.3) is 0 Å². The van der Waals surface area contributed by atoms with Crippen LogP contribution in [0.5, 0.6) is 0 Å². The lowest BCUT2D eigenvalue weighted by Gasteiger charge is -2.27. The highest BCUT2D eigenvalue weighted by atomic mass is 32.2. The molecule has 3 unspecified atom stereocenters. The van der Waals surface area contributed by atoms with Crippen LogP contribution in [0.15, 0.2) is 53.1 Å². The van der Waals surface area contributed by atoms with Crippen LogP contribution in [0.2, 0.25) is 0 Å². The van der Waals surface area contributed by atoms with Crippen molar-refractivity contribution in [3.63, 3.8) is 0 Å². The van der Waals surface area contributed by atoms with E-state index in [1.165, 1.54) is 11.8 Å². The summed E-state index contributed by atoms with van der Waals surface area (Å²) < 4.78 is 10.7. The Bertz CT molecular complexity index is 833. The van der Waals surface area contributed by atoms with Crippen molar-refractivity contribution in [2.45, 2.75) is 57.2 Å². The number of ether oxygens (including phenoxy) is 1. The summed E-state index contributed by atoms with van der Waals surface area (Å²) in [5.41, 5.74) is 0.870. The first-order valence-electron chi connectivity index (χ1n) is 11.4. The van der Waals surface area contributed by atoms with Crippen molar-refractivity contribution in [2.75, 3.05) is 17.8 Å². The second-order valence-corrected chi connectivity index (χ2v) is 10.5. The minimum absolute atomic E-state index is 0.130. The van der Waals surface area contributed by atoms with Crippen LogP contribution in [0.1, 0.15) is 38.0 Å². The third-order valence-corrected chi connectivity index (χ3v) is 6.74. The number of nitrogens with one attached hydrogen (secondary N) is 2. The lowest BCUT2D eigenvalue weighted by atomic mass is 10.0. The molecule has 188 valence electrons. The minimum Gasteiger partial charge on any atom is -0.468 e. The first kappa shape index (κ1) is 28.1. The number of rotatable bonds is 15. The number of carbonyl (C=O) groups is 2. The fraction of sp³-hybridized carbons (Fsp3) is 0.520. The highest BCUT2D eigenvalue weighted by molar-refractivity contribution is 7.98. The average Bonchev–Trinajstić information content (AvgIpc) is 3.33. The van der Waals surface area contributed by atoms with Crippen molar-refractivity contribution in [3.05, 3.63) is 60.1 Å². The molecule has 1 aromatic carbocycles. The fourth-order valence-electron chi connectivity index (χ4n) is 3.32. The van der Waals surface area contributed by atoms with E-state index in [0.29, 0.717) is 18.6 Å². The molecule has 2 amide bonds. The molecule has 0 bridgehead atoms. The van der Waals surface area contributed by atoms with Gasteiger partial charge in [0, 0.05) is 5.75 Å². The van der Waals surface area contributed by atoms with Gasteiger partial charge in [-0.25, -0.2) is 4.79 Å². The Balaban J connectivity index is 1.92. The standard InChI is InChI=1S/C25H36N2O5S2/c1-18(2)14-22(27-25(30)32-15-19-8-5-4-6-9-19)24(29)26-21(23(28)17-33-3)11-13-34-16-20-10-7-12-31-20/h4-10,12,18,21-23,28H,11,13-17H2,1-3H3,(H,26,29)(H,27,30). The summed E-state index contributed by atoms with van der Waals surface area (Å²) in [6.07, 6.45) is 3.30. The zero-order chi connectivity index (χ0) is 24.8. The summed E-state index contributed by atoms with van der Waals surface area (Å²) in [4.78, 5) is 25.5. The second-order valence-electron chi connectivity index (χ2n) is 8.45. The van der Waals surface area contributed by atoms with E-state index >= 15 is 0 Å². The van der Waals surface area contributed by atoms with Crippen LogP contribution >= 0.6 is 23.5 Å². The van der Waals surface area contributed by atoms with Gasteiger partial charge in [0.25, 0.3) is 0 Å². The van der Waals surface area contributed by atoms with E-state index in [4.69, 9.17) is 9.15 Å². The minimum atomic E-state index is -0.747. The van der Waals surface area contributed by atoms with Crippen molar-refractivity contribution in [2.24, 2.45) is 5.92 Å². The van der Waals surface area contributed by atoms with E-state index in [2.05, 4.69) is 10.6 Å². The molecular weight excluding hydrogens is 472 g/mol. The van der Waals surface area contributed by atoms with Gasteiger partial charge in [-0.1, -0.05) is 44.2 Å². The topological polar surface area (TPSA) is 101 Å². The molecule has 0 saturated carbocycles. The van der Waals surface area contributed by atoms with Gasteiger partial charge < -0.3 is 24.9 Å². The lowest BCUT2D eigenvalue weighted by Crippen LogP contribution is -2.53. The number of alkyl carbamates (subject to hydrolysis) is 1. The van der Waals surface area contributed by atoms with Crippen LogP contribution < -0.4 is 10.6 Å². The van der Waals surface area contributed by atoms with E-state index in [-0.39, 0.29) is 18.4 Å². The van der Waals surface area contributed by atoms with Gasteiger partial charge >= 0.3 is 6.09 Å². The summed E-state index contributed by atoms with van der Waals surface area (Å²) in [7, 11) is 0. The van der Waals surface area contributed by atoms with Gasteiger partial charge in [0.15, 0.2) is 0 Å². The van der Waals surface area contributed by atoms with E-state index < -0.39 is 24.3 Å². The predicted molar refractivity (Wildman–Crippen MR) is 139 cm³/mol. The first-order valence-corrected chi connectivity index (χ1v) is 14.0. The second kappa shape index (κ2) is 15.7. The lowest BCUT2D eigenvalue weighted by molar-refractivity contribution is -0.125. The maximum absolute atomic E-state index is 13.1. The van der Waals surface area contributed by atoms with E-state index in [9.17, 15) is 14.7 Å². The molecule has 2 aromatic rings. The Morgan fingerprint density at radius 1 is 1.12 bits per heavy atom. The molecule has 0 aliphatic carbocycles. The van der Waals surface area contributed by atoms with Gasteiger partial charge in [-0.05, 0) is 48.5 Å². The van der Waals surface area contributed by atoms with Gasteiger partial charge in [-0.15, -0.1) is 0 Å². The van der Waals surface area contributed by atoms with E-state index in [1.54, 1.807) is 18.0 Å². The zero-order valence-electron chi connectivity index (χ0n) is 20.1. The molecule has 9 heteroatoms. The monoisotopic (exact) mass is 508 g/mol. The Labute approximate surface area is 210 Å². The highest BCUT2D eigenvalue weighted by Gasteiger charge is 2.27. The van der Waals surface area contributed by atoms with Crippen LogP contribution in [0.4, 0.5) is 4.79 Å². The van der Waals surface area contributed by atoms with E-state index in [1.807, 2.05) is 62.6 Å². The largest absolute Gasteiger partial charge is 0.468 e. The van der Waals surface area contributed by atoms with Gasteiger partial charge in [0.05, 0.1) is 24.2 Å². The number of furan rings is 1. The molecule has 34 heavy (non-hydrogen) atoms. The summed E-state index contributed by atoms with van der Waals surface area (Å²) in [6, 6.07) is 12.0. The molecule has 1 aromatic heterocycles. The van der Waals surface area contributed by atoms with Crippen molar-refractivity contribution in [1.29, 1.82) is 0 Å². The van der Waals surface area contributed by atoms with E-state index in [0.717, 1.165) is 22.8 Å². The fourth-order valence-corrected chi connectivity index (χ4v) is 4.82. The Hall–Kier alpha value is -2.10. The van der Waals surface area contributed by atoms with Crippen molar-refractivity contribution < 1.29 is 23.8 Å². The summed E-state index contributed by atoms with van der Waals surface area (Å²) >= 11 is 3.21. The number of amides is 2. The van der Waals surface area contributed by atoms with Gasteiger partial charge in [0.1, 0.15) is 18.4 Å². The van der Waals surface area contributed by atoms with Crippen molar-refractivity contribution in [3.8, 4) is 0 Å². The number of carbonyl (C=O) groups excluding carboxylic acids is 2. The molecule has 0 spiro atoms. The number of aliphatic hydroxyl groups excluding tert-OH is 1. The molecule has 0 aliphatic heterocycles. The summed E-state index contributed by atoms with van der Waals surface area (Å²) in [5, 5.41) is 16.3. The zero-order valence-corrected chi connectivity index (χ0v) is 21.7. The summed E-state index contributed by atoms with van der Waals surface area (Å²) in [5.74, 6) is 2.76. The number of thioether (sulfide) groups is 2. The predicted octanol–water partition coefficient (Wildman–Crippen LogP) is 4.45. The molecule has 1 heterocycles. The normalized spacial score (nSPS) is 13.8. The molecule has 3 atom stereocenters.